The number of hydrogen-bond acceptors (Lipinski definition) is 5. The number of piperazine rings is 1. The zero-order valence-electron chi connectivity index (χ0n) is 15.5. The maximum absolute atomic E-state index is 13.1. The second-order valence-corrected chi connectivity index (χ2v) is 11.7. The van der Waals surface area contributed by atoms with Crippen LogP contribution < -0.4 is 0 Å². The van der Waals surface area contributed by atoms with Crippen molar-refractivity contribution in [2.75, 3.05) is 31.9 Å². The van der Waals surface area contributed by atoms with E-state index in [0.717, 1.165) is 6.42 Å². The van der Waals surface area contributed by atoms with Crippen LogP contribution in [0.2, 0.25) is 0 Å². The molecule has 152 valence electrons. The summed E-state index contributed by atoms with van der Waals surface area (Å²) in [6.07, 6.45) is 1.27. The maximum atomic E-state index is 13.1. The molecule has 3 aliphatic rings. The number of amides is 2. The van der Waals surface area contributed by atoms with Crippen LogP contribution in [0.5, 0.6) is 0 Å². The number of carbonyl (C=O) groups excluding carboxylic acids is 2. The van der Waals surface area contributed by atoms with E-state index in [1.54, 1.807) is 45.8 Å². The third kappa shape index (κ3) is 3.28. The number of hydrogen-bond donors (Lipinski definition) is 0. The van der Waals surface area contributed by atoms with Gasteiger partial charge in [0, 0.05) is 42.8 Å². The van der Waals surface area contributed by atoms with Crippen molar-refractivity contribution in [3.63, 3.8) is 0 Å². The fourth-order valence-corrected chi connectivity index (χ4v) is 7.96. The highest BCUT2D eigenvalue weighted by atomic mass is 79.9. The zero-order chi connectivity index (χ0) is 20.1. The van der Waals surface area contributed by atoms with Crippen molar-refractivity contribution in [3.8, 4) is 0 Å². The van der Waals surface area contributed by atoms with E-state index in [0.29, 0.717) is 29.7 Å². The molecule has 0 aliphatic carbocycles. The molecule has 3 heterocycles. The molecule has 3 fully saturated rings. The lowest BCUT2D eigenvalue weighted by molar-refractivity contribution is -0.144. The summed E-state index contributed by atoms with van der Waals surface area (Å²) >= 11 is 4.97. The molecule has 2 atom stereocenters. The third-order valence-electron chi connectivity index (χ3n) is 5.73. The molecule has 2 amide bonds. The fourth-order valence-electron chi connectivity index (χ4n) is 4.16. The molecular weight excluding hydrogens is 466 g/mol. The Bertz CT molecular complexity index is 917. The summed E-state index contributed by atoms with van der Waals surface area (Å²) in [4.78, 5) is 28.8. The van der Waals surface area contributed by atoms with E-state index in [1.807, 2.05) is 6.92 Å². The van der Waals surface area contributed by atoms with E-state index < -0.39 is 16.1 Å². The van der Waals surface area contributed by atoms with Gasteiger partial charge >= 0.3 is 0 Å². The first kappa shape index (κ1) is 20.2. The lowest BCUT2D eigenvalue weighted by Crippen LogP contribution is -2.56. The first-order valence-corrected chi connectivity index (χ1v) is 12.5. The molecule has 0 aromatic heterocycles. The topological polar surface area (TPSA) is 78.0 Å². The molecule has 0 radical (unpaired) electrons. The van der Waals surface area contributed by atoms with Crippen LogP contribution in [0.3, 0.4) is 0 Å². The van der Waals surface area contributed by atoms with Crippen LogP contribution in [-0.2, 0) is 19.6 Å². The molecule has 28 heavy (non-hydrogen) atoms. The predicted molar refractivity (Wildman–Crippen MR) is 110 cm³/mol. The Kier molecular flexibility index (Phi) is 5.26. The van der Waals surface area contributed by atoms with Crippen LogP contribution in [0.25, 0.3) is 0 Å². The maximum Gasteiger partial charge on any atom is 0.246 e. The summed E-state index contributed by atoms with van der Waals surface area (Å²) in [6, 6.07) is 6.31. The molecule has 3 aliphatic heterocycles. The SMILES string of the molecule is C[C@]12CCC(=O)N1[C@@H](C(=O)N1CCN(S(=O)(=O)c3ccccc3Br)CC1)CS2. The highest BCUT2D eigenvalue weighted by Gasteiger charge is 2.53. The third-order valence-corrected chi connectivity index (χ3v) is 10.2. The second kappa shape index (κ2) is 7.30. The molecule has 4 rings (SSSR count). The van der Waals surface area contributed by atoms with Crippen LogP contribution in [0, 0.1) is 0 Å². The number of fused-ring (bicyclic) bond motifs is 1. The number of rotatable bonds is 3. The lowest BCUT2D eigenvalue weighted by Gasteiger charge is -2.37. The van der Waals surface area contributed by atoms with Crippen molar-refractivity contribution in [1.29, 1.82) is 0 Å². The number of benzene rings is 1. The van der Waals surface area contributed by atoms with Gasteiger partial charge < -0.3 is 9.80 Å². The molecule has 0 bridgehead atoms. The van der Waals surface area contributed by atoms with Gasteiger partial charge in [0.25, 0.3) is 0 Å². The smallest absolute Gasteiger partial charge is 0.246 e. The van der Waals surface area contributed by atoms with Gasteiger partial charge in [-0.1, -0.05) is 12.1 Å². The Morgan fingerprint density at radius 2 is 1.89 bits per heavy atom. The number of thioether (sulfide) groups is 1. The summed E-state index contributed by atoms with van der Waals surface area (Å²) in [5.74, 6) is 0.585. The van der Waals surface area contributed by atoms with Gasteiger partial charge in [-0.05, 0) is 41.4 Å². The Hall–Kier alpha value is -1.10. The van der Waals surface area contributed by atoms with Crippen LogP contribution in [0.4, 0.5) is 0 Å². The monoisotopic (exact) mass is 487 g/mol. The van der Waals surface area contributed by atoms with Crippen molar-refractivity contribution < 1.29 is 18.0 Å². The average Bonchev–Trinajstić information content (AvgIpc) is 3.17. The van der Waals surface area contributed by atoms with Crippen molar-refractivity contribution >= 4 is 49.5 Å². The van der Waals surface area contributed by atoms with Crippen LogP contribution in [0.15, 0.2) is 33.6 Å². The lowest BCUT2D eigenvalue weighted by atomic mass is 10.2. The van der Waals surface area contributed by atoms with Crippen LogP contribution in [-0.4, -0.2) is 77.2 Å². The van der Waals surface area contributed by atoms with Gasteiger partial charge in [0.15, 0.2) is 0 Å². The van der Waals surface area contributed by atoms with E-state index in [-0.39, 0.29) is 34.7 Å². The molecule has 10 heteroatoms. The minimum Gasteiger partial charge on any atom is -0.338 e. The van der Waals surface area contributed by atoms with E-state index in [1.165, 1.54) is 4.31 Å². The molecular formula is C18H22BrN3O4S2. The average molecular weight is 488 g/mol. The van der Waals surface area contributed by atoms with Gasteiger partial charge in [0.05, 0.1) is 9.77 Å². The van der Waals surface area contributed by atoms with E-state index >= 15 is 0 Å². The summed E-state index contributed by atoms with van der Waals surface area (Å²) in [5.41, 5.74) is 0. The Labute approximate surface area is 177 Å². The molecule has 0 unspecified atom stereocenters. The summed E-state index contributed by atoms with van der Waals surface area (Å²) in [7, 11) is -3.61. The number of nitrogens with zero attached hydrogens (tertiary/aromatic N) is 3. The summed E-state index contributed by atoms with van der Waals surface area (Å²) in [5, 5.41) is 0. The van der Waals surface area contributed by atoms with E-state index in [4.69, 9.17) is 0 Å². The molecule has 1 aromatic carbocycles. The van der Waals surface area contributed by atoms with E-state index in [9.17, 15) is 18.0 Å². The summed E-state index contributed by atoms with van der Waals surface area (Å²) in [6.45, 7) is 3.20. The minimum absolute atomic E-state index is 0.0426. The second-order valence-electron chi connectivity index (χ2n) is 7.43. The normalized spacial score (nSPS) is 28.6. The standard InChI is InChI=1S/C18H22BrN3O4S2/c1-18-7-6-16(23)22(18)14(12-27-18)17(24)20-8-10-21(11-9-20)28(25,26)15-5-3-2-4-13(15)19/h2-5,14H,6-12H2,1H3/t14-,18+/m1/s1. The van der Waals surface area contributed by atoms with Gasteiger partial charge in [-0.25, -0.2) is 8.42 Å². The molecule has 0 N–H and O–H groups in total. The first-order valence-electron chi connectivity index (χ1n) is 9.24. The highest BCUT2D eigenvalue weighted by Crippen LogP contribution is 2.47. The van der Waals surface area contributed by atoms with Gasteiger partial charge in [0.2, 0.25) is 21.8 Å². The number of sulfonamides is 1. The predicted octanol–water partition coefficient (Wildman–Crippen LogP) is 1.74. The Morgan fingerprint density at radius 1 is 1.21 bits per heavy atom. The van der Waals surface area contributed by atoms with Gasteiger partial charge in [-0.2, -0.15) is 4.31 Å². The minimum atomic E-state index is -3.61. The largest absolute Gasteiger partial charge is 0.338 e. The quantitative estimate of drug-likeness (QED) is 0.648. The van der Waals surface area contributed by atoms with Crippen molar-refractivity contribution in [2.24, 2.45) is 0 Å². The van der Waals surface area contributed by atoms with E-state index in [2.05, 4.69) is 15.9 Å². The fraction of sp³-hybridized carbons (Fsp3) is 0.556. The van der Waals surface area contributed by atoms with Crippen molar-refractivity contribution in [2.45, 2.75) is 35.6 Å². The zero-order valence-corrected chi connectivity index (χ0v) is 18.7. The molecule has 0 saturated carbocycles. The van der Waals surface area contributed by atoms with Gasteiger partial charge in [0.1, 0.15) is 6.04 Å². The number of halogens is 1. The molecule has 1 aromatic rings. The highest BCUT2D eigenvalue weighted by molar-refractivity contribution is 9.10. The van der Waals surface area contributed by atoms with Gasteiger partial charge in [-0.3, -0.25) is 9.59 Å². The number of carbonyl (C=O) groups is 2. The van der Waals surface area contributed by atoms with Crippen LogP contribution >= 0.6 is 27.7 Å². The van der Waals surface area contributed by atoms with Crippen molar-refractivity contribution in [3.05, 3.63) is 28.7 Å². The Balaban J connectivity index is 1.44. The van der Waals surface area contributed by atoms with Crippen molar-refractivity contribution in [1.82, 2.24) is 14.1 Å². The Morgan fingerprint density at radius 3 is 2.57 bits per heavy atom. The van der Waals surface area contributed by atoms with Gasteiger partial charge in [-0.15, -0.1) is 11.8 Å². The molecule has 3 saturated heterocycles. The first-order chi connectivity index (χ1) is 13.2. The van der Waals surface area contributed by atoms with Crippen LogP contribution in [0.1, 0.15) is 19.8 Å². The summed E-state index contributed by atoms with van der Waals surface area (Å²) < 4.78 is 27.8. The molecule has 7 nitrogen and oxygen atoms in total. The molecule has 0 spiro atoms.